The van der Waals surface area contributed by atoms with Crippen LogP contribution in [0.3, 0.4) is 0 Å². The summed E-state index contributed by atoms with van der Waals surface area (Å²) in [7, 11) is 0. The fraction of sp³-hybridized carbons (Fsp3) is 0.333. The van der Waals surface area contributed by atoms with E-state index in [1.807, 2.05) is 0 Å². The summed E-state index contributed by atoms with van der Waals surface area (Å²) in [6.45, 7) is 1.28. The molecule has 0 unspecified atom stereocenters. The molecule has 10 heteroatoms. The molecule has 1 atom stereocenters. The maximum Gasteiger partial charge on any atom is 0.438 e. The number of aliphatic hydroxyl groups is 1. The van der Waals surface area contributed by atoms with Crippen molar-refractivity contribution in [3.63, 3.8) is 0 Å². The van der Waals surface area contributed by atoms with Crippen molar-refractivity contribution >= 4 is 43.5 Å². The van der Waals surface area contributed by atoms with Crippen molar-refractivity contribution in [1.82, 2.24) is 5.01 Å². The highest BCUT2D eigenvalue weighted by Gasteiger charge is 2.62. The lowest BCUT2D eigenvalue weighted by Gasteiger charge is -2.32. The van der Waals surface area contributed by atoms with Crippen LogP contribution in [0.2, 0.25) is 0 Å². The molecule has 0 fully saturated rings. The second-order valence-electron chi connectivity index (χ2n) is 4.73. The number of hydrazone groups is 1. The normalized spacial score (nSPS) is 22.0. The van der Waals surface area contributed by atoms with Crippen molar-refractivity contribution in [2.45, 2.75) is 25.2 Å². The molecule has 0 spiro atoms. The summed E-state index contributed by atoms with van der Waals surface area (Å²) in [5.41, 5.74) is -3.59. The zero-order valence-electron chi connectivity index (χ0n) is 10.9. The monoisotopic (exact) mass is 444 g/mol. The van der Waals surface area contributed by atoms with E-state index >= 15 is 0 Å². The molecule has 5 nitrogen and oxygen atoms in total. The standard InChI is InChI=1S/C12H9Br2F3N2O3/c1-5-4-11(22,12(15,16)17)19(18-5)10(21)6-2-7(13)9(20)8(14)3-6/h2-3,20,22H,4H2,1H3/t11-/m0/s1. The van der Waals surface area contributed by atoms with E-state index in [0.29, 0.717) is 0 Å². The Morgan fingerprint density at radius 1 is 1.36 bits per heavy atom. The summed E-state index contributed by atoms with van der Waals surface area (Å²) in [6.07, 6.45) is -5.88. The zero-order chi connectivity index (χ0) is 16.9. The number of hydrogen-bond donors (Lipinski definition) is 2. The van der Waals surface area contributed by atoms with Crippen molar-refractivity contribution in [3.8, 4) is 5.75 Å². The molecule has 0 bridgehead atoms. The molecule has 0 saturated carbocycles. The van der Waals surface area contributed by atoms with E-state index in [9.17, 15) is 28.2 Å². The third-order valence-corrected chi connectivity index (χ3v) is 4.24. The number of phenols is 1. The Balaban J connectivity index is 2.48. The predicted molar refractivity (Wildman–Crippen MR) is 78.4 cm³/mol. The van der Waals surface area contributed by atoms with Crippen molar-refractivity contribution in [1.29, 1.82) is 0 Å². The third-order valence-electron chi connectivity index (χ3n) is 3.03. The van der Waals surface area contributed by atoms with Crippen LogP contribution in [0, 0.1) is 0 Å². The number of carbonyl (C=O) groups is 1. The summed E-state index contributed by atoms with van der Waals surface area (Å²) < 4.78 is 39.5. The molecule has 2 rings (SSSR count). The number of rotatable bonds is 1. The van der Waals surface area contributed by atoms with Gasteiger partial charge in [0.15, 0.2) is 0 Å². The van der Waals surface area contributed by atoms with Gasteiger partial charge in [-0.15, -0.1) is 0 Å². The average Bonchev–Trinajstić information content (AvgIpc) is 2.70. The SMILES string of the molecule is CC1=NN(C(=O)c2cc(Br)c(O)c(Br)c2)[C@@](O)(C(F)(F)F)C1. The highest BCUT2D eigenvalue weighted by Crippen LogP contribution is 2.41. The topological polar surface area (TPSA) is 73.1 Å². The molecule has 0 saturated heterocycles. The largest absolute Gasteiger partial charge is 0.506 e. The quantitative estimate of drug-likeness (QED) is 0.695. The van der Waals surface area contributed by atoms with Gasteiger partial charge in [0, 0.05) is 17.7 Å². The first-order chi connectivity index (χ1) is 9.97. The molecule has 1 aliphatic rings. The Labute approximate surface area is 139 Å². The van der Waals surface area contributed by atoms with Gasteiger partial charge < -0.3 is 10.2 Å². The number of halogens is 5. The minimum Gasteiger partial charge on any atom is -0.506 e. The van der Waals surface area contributed by atoms with Gasteiger partial charge in [-0.2, -0.15) is 23.3 Å². The van der Waals surface area contributed by atoms with Gasteiger partial charge in [0.1, 0.15) is 5.75 Å². The molecule has 0 radical (unpaired) electrons. The van der Waals surface area contributed by atoms with E-state index in [1.165, 1.54) is 6.92 Å². The van der Waals surface area contributed by atoms with Crippen LogP contribution in [0.5, 0.6) is 5.75 Å². The van der Waals surface area contributed by atoms with E-state index in [2.05, 4.69) is 37.0 Å². The van der Waals surface area contributed by atoms with Crippen molar-refractivity contribution in [2.24, 2.45) is 5.10 Å². The molecule has 0 aliphatic carbocycles. The van der Waals surface area contributed by atoms with Crippen LogP contribution < -0.4 is 0 Å². The molecule has 1 amide bonds. The first-order valence-electron chi connectivity index (χ1n) is 5.83. The Morgan fingerprint density at radius 2 is 1.86 bits per heavy atom. The second kappa shape index (κ2) is 5.50. The molecule has 22 heavy (non-hydrogen) atoms. The Kier molecular flexibility index (Phi) is 4.31. The van der Waals surface area contributed by atoms with Crippen LogP contribution in [-0.4, -0.2) is 38.7 Å². The minimum atomic E-state index is -5.06. The van der Waals surface area contributed by atoms with Crippen LogP contribution in [-0.2, 0) is 0 Å². The highest BCUT2D eigenvalue weighted by atomic mass is 79.9. The van der Waals surface area contributed by atoms with E-state index in [4.69, 9.17) is 0 Å². The van der Waals surface area contributed by atoms with Gasteiger partial charge in [0.25, 0.3) is 11.6 Å². The lowest BCUT2D eigenvalue weighted by Crippen LogP contribution is -2.56. The number of hydrogen-bond acceptors (Lipinski definition) is 4. The maximum atomic E-state index is 13.1. The van der Waals surface area contributed by atoms with Crippen molar-refractivity contribution in [3.05, 3.63) is 26.6 Å². The summed E-state index contributed by atoms with van der Waals surface area (Å²) in [6, 6.07) is 2.28. The van der Waals surface area contributed by atoms with E-state index in [1.54, 1.807) is 0 Å². The predicted octanol–water partition coefficient (Wildman–Crippen LogP) is 3.39. The third kappa shape index (κ3) is 2.74. The molecular formula is C12H9Br2F3N2O3. The number of phenolic OH excluding ortho intramolecular Hbond substituents is 1. The number of amides is 1. The maximum absolute atomic E-state index is 13.1. The van der Waals surface area contributed by atoms with Gasteiger partial charge >= 0.3 is 6.18 Å². The number of alkyl halides is 3. The Bertz CT molecular complexity index is 655. The first kappa shape index (κ1) is 17.2. The van der Waals surface area contributed by atoms with Crippen LogP contribution >= 0.6 is 31.9 Å². The number of aromatic hydroxyl groups is 1. The molecule has 1 aliphatic heterocycles. The fourth-order valence-electron chi connectivity index (χ4n) is 1.97. The summed E-state index contributed by atoms with van der Waals surface area (Å²) in [4.78, 5) is 12.3. The Hall–Kier alpha value is -1.13. The number of carbonyl (C=O) groups excluding carboxylic acids is 1. The molecule has 120 valence electrons. The van der Waals surface area contributed by atoms with Gasteiger partial charge in [-0.05, 0) is 50.9 Å². The van der Waals surface area contributed by atoms with E-state index in [-0.39, 0.29) is 31.0 Å². The van der Waals surface area contributed by atoms with Crippen LogP contribution in [0.15, 0.2) is 26.2 Å². The van der Waals surface area contributed by atoms with Crippen molar-refractivity contribution < 1.29 is 28.2 Å². The lowest BCUT2D eigenvalue weighted by molar-refractivity contribution is -0.297. The lowest BCUT2D eigenvalue weighted by atomic mass is 10.1. The number of benzene rings is 1. The Morgan fingerprint density at radius 3 is 2.32 bits per heavy atom. The van der Waals surface area contributed by atoms with Crippen LogP contribution in [0.25, 0.3) is 0 Å². The average molecular weight is 446 g/mol. The minimum absolute atomic E-state index is 0.0214. The van der Waals surface area contributed by atoms with Gasteiger partial charge in [0.2, 0.25) is 0 Å². The van der Waals surface area contributed by atoms with E-state index < -0.39 is 24.2 Å². The fourth-order valence-corrected chi connectivity index (χ4v) is 3.15. The van der Waals surface area contributed by atoms with Gasteiger partial charge in [-0.25, -0.2) is 0 Å². The van der Waals surface area contributed by atoms with E-state index in [0.717, 1.165) is 12.1 Å². The molecule has 1 aromatic carbocycles. The number of nitrogens with zero attached hydrogens (tertiary/aromatic N) is 2. The van der Waals surface area contributed by atoms with Gasteiger partial charge in [-0.1, -0.05) is 0 Å². The van der Waals surface area contributed by atoms with Crippen LogP contribution in [0.1, 0.15) is 23.7 Å². The smallest absolute Gasteiger partial charge is 0.438 e. The van der Waals surface area contributed by atoms with Gasteiger partial charge in [0.05, 0.1) is 8.95 Å². The molecule has 2 N–H and O–H groups in total. The molecule has 0 aromatic heterocycles. The summed E-state index contributed by atoms with van der Waals surface area (Å²) in [5, 5.41) is 23.0. The highest BCUT2D eigenvalue weighted by molar-refractivity contribution is 9.11. The molecule has 1 aromatic rings. The summed E-state index contributed by atoms with van der Waals surface area (Å²) in [5.74, 6) is -1.35. The van der Waals surface area contributed by atoms with Crippen molar-refractivity contribution in [2.75, 3.05) is 0 Å². The molecular weight excluding hydrogens is 437 g/mol. The first-order valence-corrected chi connectivity index (χ1v) is 7.41. The second-order valence-corrected chi connectivity index (χ2v) is 6.44. The summed E-state index contributed by atoms with van der Waals surface area (Å²) >= 11 is 5.96. The molecule has 1 heterocycles. The zero-order valence-corrected chi connectivity index (χ0v) is 14.1. The van der Waals surface area contributed by atoms with Crippen LogP contribution in [0.4, 0.5) is 13.2 Å². The van der Waals surface area contributed by atoms with Gasteiger partial charge in [-0.3, -0.25) is 4.79 Å².